The molecule has 0 aromatic heterocycles. The van der Waals surface area contributed by atoms with E-state index in [1.807, 2.05) is 0 Å². The highest BCUT2D eigenvalue weighted by Crippen LogP contribution is 2.29. The van der Waals surface area contributed by atoms with Gasteiger partial charge in [0.05, 0.1) is 18.4 Å². The van der Waals surface area contributed by atoms with Crippen molar-refractivity contribution >= 4 is 21.6 Å². The normalized spacial score (nSPS) is 20.1. The van der Waals surface area contributed by atoms with Crippen LogP contribution in [0.25, 0.3) is 0 Å². The van der Waals surface area contributed by atoms with Crippen LogP contribution in [0.2, 0.25) is 0 Å². The van der Waals surface area contributed by atoms with Gasteiger partial charge in [0.1, 0.15) is 10.6 Å². The molecule has 1 heterocycles. The van der Waals surface area contributed by atoms with E-state index in [1.54, 1.807) is 0 Å². The van der Waals surface area contributed by atoms with Crippen LogP contribution < -0.4 is 20.5 Å². The van der Waals surface area contributed by atoms with E-state index in [4.69, 9.17) is 10.5 Å². The molecule has 166 valence electrons. The molecule has 1 aliphatic carbocycles. The van der Waals surface area contributed by atoms with E-state index in [0.717, 1.165) is 25.9 Å². The molecular weight excluding hydrogens is 404 g/mol. The van der Waals surface area contributed by atoms with Crippen LogP contribution in [0.3, 0.4) is 0 Å². The van der Waals surface area contributed by atoms with Gasteiger partial charge in [-0.25, -0.2) is 13.1 Å². The number of ether oxygens (including phenoxy) is 1. The Hall–Kier alpha value is -2.10. The third-order valence-corrected chi connectivity index (χ3v) is 7.39. The molecule has 1 unspecified atom stereocenters. The fourth-order valence-corrected chi connectivity index (χ4v) is 5.08. The molecular formula is C21H32N4O4S. The van der Waals surface area contributed by atoms with E-state index >= 15 is 0 Å². The molecule has 9 heteroatoms. The van der Waals surface area contributed by atoms with Gasteiger partial charge in [-0.3, -0.25) is 9.69 Å². The molecule has 0 bridgehead atoms. The van der Waals surface area contributed by atoms with Gasteiger partial charge in [0.15, 0.2) is 0 Å². The first kappa shape index (κ1) is 22.6. The first-order valence-corrected chi connectivity index (χ1v) is 11.9. The SMILES string of the molecule is CNS(=O)(=O)c1cc(C(=O)NCC2CCCN2CC2=CCCCC2)c(OC)cc1N. The molecule has 0 spiro atoms. The number of methoxy groups -OCH3 is 1. The van der Waals surface area contributed by atoms with Gasteiger partial charge in [0.25, 0.3) is 5.91 Å². The molecule has 2 aliphatic rings. The molecule has 4 N–H and O–H groups in total. The second-order valence-electron chi connectivity index (χ2n) is 7.88. The number of carbonyl (C=O) groups is 1. The number of sulfonamides is 1. The molecule has 1 aliphatic heterocycles. The Kier molecular flexibility index (Phi) is 7.38. The number of hydrogen-bond acceptors (Lipinski definition) is 6. The van der Waals surface area contributed by atoms with Crippen molar-refractivity contribution < 1.29 is 17.9 Å². The van der Waals surface area contributed by atoms with E-state index in [0.29, 0.717) is 6.54 Å². The number of benzene rings is 1. The fourth-order valence-electron chi connectivity index (χ4n) is 4.21. The average molecular weight is 437 g/mol. The quantitative estimate of drug-likeness (QED) is 0.424. The predicted octanol–water partition coefficient (Wildman–Crippen LogP) is 1.88. The Bertz CT molecular complexity index is 914. The zero-order valence-corrected chi connectivity index (χ0v) is 18.6. The number of allylic oxidation sites excluding steroid dienone is 1. The Balaban J connectivity index is 1.70. The molecule has 0 saturated carbocycles. The number of nitrogens with two attached hydrogens (primary N) is 1. The van der Waals surface area contributed by atoms with Crippen LogP contribution in [0, 0.1) is 0 Å². The summed E-state index contributed by atoms with van der Waals surface area (Å²) >= 11 is 0. The summed E-state index contributed by atoms with van der Waals surface area (Å²) in [4.78, 5) is 15.2. The van der Waals surface area contributed by atoms with Crippen molar-refractivity contribution in [2.75, 3.05) is 39.5 Å². The van der Waals surface area contributed by atoms with Crippen molar-refractivity contribution in [2.45, 2.75) is 49.5 Å². The summed E-state index contributed by atoms with van der Waals surface area (Å²) in [5.41, 5.74) is 7.55. The maximum absolute atomic E-state index is 12.9. The number of hydrogen-bond donors (Lipinski definition) is 3. The van der Waals surface area contributed by atoms with Crippen LogP contribution >= 0.6 is 0 Å². The number of anilines is 1. The van der Waals surface area contributed by atoms with Crippen molar-refractivity contribution in [3.05, 3.63) is 29.3 Å². The van der Waals surface area contributed by atoms with Gasteiger partial charge in [0, 0.05) is 25.2 Å². The van der Waals surface area contributed by atoms with E-state index < -0.39 is 10.0 Å². The van der Waals surface area contributed by atoms with Crippen molar-refractivity contribution in [1.82, 2.24) is 14.9 Å². The van der Waals surface area contributed by atoms with E-state index in [-0.39, 0.29) is 33.8 Å². The molecule has 0 radical (unpaired) electrons. The minimum Gasteiger partial charge on any atom is -0.496 e. The van der Waals surface area contributed by atoms with Gasteiger partial charge in [0.2, 0.25) is 10.0 Å². The van der Waals surface area contributed by atoms with Crippen LogP contribution in [0.15, 0.2) is 28.7 Å². The standard InChI is InChI=1S/C21H32N4O4S/c1-23-30(27,28)20-11-17(19(29-2)12-18(20)22)21(26)24-13-16-9-6-10-25(16)14-15-7-4-3-5-8-15/h7,11-12,16,23H,3-6,8-10,13-14,22H2,1-2H3,(H,24,26). The minimum atomic E-state index is -3.79. The van der Waals surface area contributed by atoms with Crippen molar-refractivity contribution in [3.63, 3.8) is 0 Å². The number of likely N-dealkylation sites (tertiary alicyclic amines) is 1. The van der Waals surface area contributed by atoms with Crippen molar-refractivity contribution in [1.29, 1.82) is 0 Å². The predicted molar refractivity (Wildman–Crippen MR) is 117 cm³/mol. The Morgan fingerprint density at radius 3 is 2.77 bits per heavy atom. The number of nitrogens with zero attached hydrogens (tertiary/aromatic N) is 1. The molecule has 1 aromatic rings. The average Bonchev–Trinajstić information content (AvgIpc) is 3.19. The first-order valence-electron chi connectivity index (χ1n) is 10.5. The second kappa shape index (κ2) is 9.80. The lowest BCUT2D eigenvalue weighted by Crippen LogP contribution is -2.41. The molecule has 1 amide bonds. The number of rotatable bonds is 8. The van der Waals surface area contributed by atoms with Crippen LogP contribution in [0.4, 0.5) is 5.69 Å². The van der Waals surface area contributed by atoms with Crippen LogP contribution in [0.1, 0.15) is 48.9 Å². The molecule has 1 fully saturated rings. The Morgan fingerprint density at radius 2 is 2.10 bits per heavy atom. The third kappa shape index (κ3) is 5.14. The summed E-state index contributed by atoms with van der Waals surface area (Å²) in [5.74, 6) is -0.126. The van der Waals surface area contributed by atoms with E-state index in [9.17, 15) is 13.2 Å². The summed E-state index contributed by atoms with van der Waals surface area (Å²) < 4.78 is 31.9. The number of carbonyl (C=O) groups excluding carboxylic acids is 1. The van der Waals surface area contributed by atoms with Gasteiger partial charge < -0.3 is 15.8 Å². The lowest BCUT2D eigenvalue weighted by atomic mass is 9.99. The highest BCUT2D eigenvalue weighted by atomic mass is 32.2. The maximum Gasteiger partial charge on any atom is 0.255 e. The lowest BCUT2D eigenvalue weighted by Gasteiger charge is -2.27. The summed E-state index contributed by atoms with van der Waals surface area (Å²) in [6, 6.07) is 2.92. The summed E-state index contributed by atoms with van der Waals surface area (Å²) in [6.07, 6.45) is 9.38. The largest absolute Gasteiger partial charge is 0.496 e. The van der Waals surface area contributed by atoms with Gasteiger partial charge in [-0.2, -0.15) is 0 Å². The van der Waals surface area contributed by atoms with Gasteiger partial charge in [-0.05, 0) is 58.2 Å². The third-order valence-electron chi connectivity index (χ3n) is 5.92. The Labute approximate surface area is 178 Å². The first-order chi connectivity index (χ1) is 14.4. The molecule has 1 atom stereocenters. The van der Waals surface area contributed by atoms with Crippen LogP contribution in [-0.4, -0.2) is 59.1 Å². The molecule has 8 nitrogen and oxygen atoms in total. The maximum atomic E-state index is 12.9. The van der Waals surface area contributed by atoms with Gasteiger partial charge >= 0.3 is 0 Å². The zero-order chi connectivity index (χ0) is 21.7. The summed E-state index contributed by atoms with van der Waals surface area (Å²) in [5, 5.41) is 2.96. The highest BCUT2D eigenvalue weighted by molar-refractivity contribution is 7.89. The second-order valence-corrected chi connectivity index (χ2v) is 9.74. The van der Waals surface area contributed by atoms with E-state index in [2.05, 4.69) is 21.0 Å². The zero-order valence-electron chi connectivity index (χ0n) is 17.7. The number of nitrogens with one attached hydrogen (secondary N) is 2. The monoisotopic (exact) mass is 436 g/mol. The molecule has 30 heavy (non-hydrogen) atoms. The minimum absolute atomic E-state index is 0.0282. The summed E-state index contributed by atoms with van der Waals surface area (Å²) in [6.45, 7) is 2.51. The van der Waals surface area contributed by atoms with Crippen molar-refractivity contribution in [3.8, 4) is 5.75 Å². The number of nitrogen functional groups attached to an aromatic ring is 1. The smallest absolute Gasteiger partial charge is 0.255 e. The summed E-state index contributed by atoms with van der Waals surface area (Å²) in [7, 11) is -1.06. The fraction of sp³-hybridized carbons (Fsp3) is 0.571. The van der Waals surface area contributed by atoms with Gasteiger partial charge in [-0.15, -0.1) is 0 Å². The lowest BCUT2D eigenvalue weighted by molar-refractivity contribution is 0.0938. The molecule has 1 aromatic carbocycles. The molecule has 1 saturated heterocycles. The highest BCUT2D eigenvalue weighted by Gasteiger charge is 2.27. The topological polar surface area (TPSA) is 114 Å². The molecule has 3 rings (SSSR count). The Morgan fingerprint density at radius 1 is 1.30 bits per heavy atom. The van der Waals surface area contributed by atoms with Crippen molar-refractivity contribution in [2.24, 2.45) is 0 Å². The van der Waals surface area contributed by atoms with Crippen LogP contribution in [0.5, 0.6) is 5.75 Å². The number of amides is 1. The van der Waals surface area contributed by atoms with Crippen LogP contribution in [-0.2, 0) is 10.0 Å². The van der Waals surface area contributed by atoms with Gasteiger partial charge in [-0.1, -0.05) is 11.6 Å². The van der Waals surface area contributed by atoms with E-state index in [1.165, 1.54) is 57.5 Å².